The van der Waals surface area contributed by atoms with Crippen LogP contribution in [0.25, 0.3) is 44.7 Å². The van der Waals surface area contributed by atoms with Crippen molar-refractivity contribution < 1.29 is 18.7 Å². The predicted octanol–water partition coefficient (Wildman–Crippen LogP) is 5.64. The maximum atomic E-state index is 5.91. The van der Waals surface area contributed by atoms with Crippen molar-refractivity contribution in [1.82, 2.24) is 15.4 Å². The maximum absolute atomic E-state index is 5.91. The van der Waals surface area contributed by atoms with Crippen molar-refractivity contribution in [3.05, 3.63) is 72.8 Å². The number of ether oxygens (including phenoxy) is 3. The van der Waals surface area contributed by atoms with E-state index in [1.807, 2.05) is 60.7 Å². The van der Waals surface area contributed by atoms with Gasteiger partial charge in [-0.2, -0.15) is 0 Å². The summed E-state index contributed by atoms with van der Waals surface area (Å²) in [6.07, 6.45) is 0. The van der Waals surface area contributed by atoms with Gasteiger partial charge in [0.1, 0.15) is 34.3 Å². The number of nitrogens with zero attached hydrogens (tertiary/aromatic N) is 3. The summed E-state index contributed by atoms with van der Waals surface area (Å²) in [5.41, 5.74) is 4.76. The summed E-state index contributed by atoms with van der Waals surface area (Å²) in [7, 11) is 4.77. The van der Waals surface area contributed by atoms with Crippen LogP contribution in [0.1, 0.15) is 0 Å². The molecule has 7 nitrogen and oxygen atoms in total. The summed E-state index contributed by atoms with van der Waals surface area (Å²) in [4.78, 5) is 0. The normalized spacial score (nSPS) is 10.9. The minimum atomic E-state index is 0.532. The van der Waals surface area contributed by atoms with E-state index in [1.165, 1.54) is 0 Å². The monoisotopic (exact) mass is 439 g/mol. The molecule has 164 valence electrons. The fourth-order valence-electron chi connectivity index (χ4n) is 3.86. The van der Waals surface area contributed by atoms with Crippen LogP contribution in [0.15, 0.2) is 77.3 Å². The first-order valence-corrected chi connectivity index (χ1v) is 10.3. The Balaban J connectivity index is 1.87. The minimum Gasteiger partial charge on any atom is -0.496 e. The molecule has 0 saturated carbocycles. The van der Waals surface area contributed by atoms with Gasteiger partial charge >= 0.3 is 0 Å². The topological polar surface area (TPSA) is 79.5 Å². The molecular formula is C26H21N3O4. The summed E-state index contributed by atoms with van der Waals surface area (Å²) in [5.74, 6) is 1.69. The molecule has 0 unspecified atom stereocenters. The van der Waals surface area contributed by atoms with Crippen molar-refractivity contribution in [1.29, 1.82) is 0 Å². The lowest BCUT2D eigenvalue weighted by molar-refractivity contribution is 0.376. The highest BCUT2D eigenvalue weighted by Crippen LogP contribution is 2.46. The van der Waals surface area contributed by atoms with Crippen molar-refractivity contribution in [3.63, 3.8) is 0 Å². The van der Waals surface area contributed by atoms with E-state index in [-0.39, 0.29) is 0 Å². The van der Waals surface area contributed by atoms with Gasteiger partial charge in [0.2, 0.25) is 0 Å². The average molecular weight is 439 g/mol. The molecule has 5 aromatic rings. The van der Waals surface area contributed by atoms with E-state index in [9.17, 15) is 0 Å². The predicted molar refractivity (Wildman–Crippen MR) is 126 cm³/mol. The van der Waals surface area contributed by atoms with Crippen molar-refractivity contribution in [2.75, 3.05) is 21.3 Å². The number of hydrogen-bond acceptors (Lipinski definition) is 7. The van der Waals surface area contributed by atoms with Gasteiger partial charge in [-0.15, -0.1) is 10.2 Å². The molecule has 3 aromatic carbocycles. The van der Waals surface area contributed by atoms with Crippen molar-refractivity contribution >= 4 is 11.0 Å². The van der Waals surface area contributed by atoms with Gasteiger partial charge in [-0.1, -0.05) is 65.8 Å². The smallest absolute Gasteiger partial charge is 0.197 e. The van der Waals surface area contributed by atoms with E-state index in [2.05, 4.69) is 15.4 Å². The summed E-state index contributed by atoms with van der Waals surface area (Å²) in [6.45, 7) is 0. The van der Waals surface area contributed by atoms with Crippen LogP contribution in [0.5, 0.6) is 17.2 Å². The Bertz CT molecular complexity index is 1390. The first-order valence-electron chi connectivity index (χ1n) is 10.3. The summed E-state index contributed by atoms with van der Waals surface area (Å²) < 4.78 is 22.7. The highest BCUT2D eigenvalue weighted by Gasteiger charge is 2.26. The molecule has 0 aliphatic carbocycles. The molecule has 2 heterocycles. The van der Waals surface area contributed by atoms with Crippen LogP contribution in [-0.4, -0.2) is 36.7 Å². The summed E-state index contributed by atoms with van der Waals surface area (Å²) >= 11 is 0. The van der Waals surface area contributed by atoms with Crippen LogP contribution in [0.4, 0.5) is 0 Å². The SMILES string of the molecule is COc1cc(OC)c(-c2noc3c(-c4ccccc4)nnc(-c4ccccc4)c23)c(OC)c1. The molecule has 0 bridgehead atoms. The Morgan fingerprint density at radius 1 is 0.636 bits per heavy atom. The molecule has 0 aliphatic rings. The van der Waals surface area contributed by atoms with Gasteiger partial charge in [0.25, 0.3) is 0 Å². The number of hydrogen-bond donors (Lipinski definition) is 0. The fraction of sp³-hybridized carbons (Fsp3) is 0.115. The second kappa shape index (κ2) is 8.63. The Morgan fingerprint density at radius 2 is 1.18 bits per heavy atom. The molecule has 0 atom stereocenters. The zero-order valence-corrected chi connectivity index (χ0v) is 18.4. The number of benzene rings is 3. The number of aromatic nitrogens is 3. The third-order valence-electron chi connectivity index (χ3n) is 5.44. The fourth-order valence-corrected chi connectivity index (χ4v) is 3.86. The van der Waals surface area contributed by atoms with Gasteiger partial charge in [0.05, 0.1) is 32.3 Å². The van der Waals surface area contributed by atoms with Crippen molar-refractivity contribution in [3.8, 4) is 51.0 Å². The molecule has 0 saturated heterocycles. The maximum Gasteiger partial charge on any atom is 0.197 e. The molecule has 7 heteroatoms. The zero-order chi connectivity index (χ0) is 22.8. The van der Waals surface area contributed by atoms with Gasteiger partial charge in [0, 0.05) is 23.3 Å². The van der Waals surface area contributed by atoms with Crippen LogP contribution in [0.3, 0.4) is 0 Å². The van der Waals surface area contributed by atoms with Gasteiger partial charge in [0.15, 0.2) is 5.58 Å². The molecule has 0 fully saturated rings. The molecule has 0 radical (unpaired) electrons. The van der Waals surface area contributed by atoms with E-state index in [0.717, 1.165) is 16.5 Å². The Morgan fingerprint density at radius 3 is 1.73 bits per heavy atom. The summed E-state index contributed by atoms with van der Waals surface area (Å²) in [5, 5.41) is 14.3. The van der Waals surface area contributed by atoms with E-state index < -0.39 is 0 Å². The Labute approximate surface area is 190 Å². The van der Waals surface area contributed by atoms with Gasteiger partial charge in [-0.05, 0) is 0 Å². The quantitative estimate of drug-likeness (QED) is 0.338. The number of rotatable bonds is 6. The lowest BCUT2D eigenvalue weighted by atomic mass is 9.99. The van der Waals surface area contributed by atoms with Crippen molar-refractivity contribution in [2.24, 2.45) is 0 Å². The van der Waals surface area contributed by atoms with E-state index >= 15 is 0 Å². The number of fused-ring (bicyclic) bond motifs is 1. The summed E-state index contributed by atoms with van der Waals surface area (Å²) in [6, 6.07) is 23.1. The second-order valence-electron chi connectivity index (χ2n) is 7.27. The van der Waals surface area contributed by atoms with Crippen LogP contribution in [0, 0.1) is 0 Å². The first-order chi connectivity index (χ1) is 16.2. The van der Waals surface area contributed by atoms with E-state index in [0.29, 0.717) is 45.5 Å². The molecule has 0 N–H and O–H groups in total. The van der Waals surface area contributed by atoms with E-state index in [4.69, 9.17) is 18.7 Å². The molecule has 2 aromatic heterocycles. The average Bonchev–Trinajstić information content (AvgIpc) is 3.33. The van der Waals surface area contributed by atoms with E-state index in [1.54, 1.807) is 33.5 Å². The first kappa shape index (κ1) is 20.5. The lowest BCUT2D eigenvalue weighted by Crippen LogP contribution is -1.97. The highest BCUT2D eigenvalue weighted by molar-refractivity contribution is 6.07. The van der Waals surface area contributed by atoms with Crippen LogP contribution in [-0.2, 0) is 0 Å². The highest BCUT2D eigenvalue weighted by atomic mass is 16.5. The number of methoxy groups -OCH3 is 3. The van der Waals surface area contributed by atoms with Crippen LogP contribution >= 0.6 is 0 Å². The molecule has 0 aliphatic heterocycles. The van der Waals surface area contributed by atoms with Gasteiger partial charge in [-0.25, -0.2) is 0 Å². The Kier molecular flexibility index (Phi) is 5.36. The van der Waals surface area contributed by atoms with Crippen molar-refractivity contribution in [2.45, 2.75) is 0 Å². The third-order valence-corrected chi connectivity index (χ3v) is 5.44. The zero-order valence-electron chi connectivity index (χ0n) is 18.4. The van der Waals surface area contributed by atoms with Crippen LogP contribution < -0.4 is 14.2 Å². The van der Waals surface area contributed by atoms with Gasteiger partial charge < -0.3 is 18.7 Å². The molecule has 33 heavy (non-hydrogen) atoms. The second-order valence-corrected chi connectivity index (χ2v) is 7.27. The molecular weight excluding hydrogens is 418 g/mol. The van der Waals surface area contributed by atoms with Crippen LogP contribution in [0.2, 0.25) is 0 Å². The Hall–Kier alpha value is -4.39. The molecule has 5 rings (SSSR count). The minimum absolute atomic E-state index is 0.532. The molecule has 0 spiro atoms. The van der Waals surface area contributed by atoms with Gasteiger partial charge in [-0.3, -0.25) is 0 Å². The largest absolute Gasteiger partial charge is 0.496 e. The molecule has 0 amide bonds. The standard InChI is InChI=1S/C26H21N3O4/c1-30-18-14-19(31-2)21(20(15-18)32-3)25-22-23(16-10-6-4-7-11-16)27-28-24(26(22)33-29-25)17-12-8-5-9-13-17/h4-15H,1-3H3. The lowest BCUT2D eigenvalue weighted by Gasteiger charge is -2.14. The third kappa shape index (κ3) is 3.53.